The molecule has 0 spiro atoms. The molecule has 1 aromatic rings. The number of aliphatic hydroxyl groups is 1. The van der Waals surface area contributed by atoms with Crippen molar-refractivity contribution >= 4 is 23.2 Å². The number of benzene rings is 1. The maximum Gasteiger partial charge on any atom is 0.0624 e. The second-order valence-corrected chi connectivity index (χ2v) is 7.53. The minimum atomic E-state index is -0.461. The highest BCUT2D eigenvalue weighted by Crippen LogP contribution is 2.50. The summed E-state index contributed by atoms with van der Waals surface area (Å²) in [5, 5.41) is 11.9. The summed E-state index contributed by atoms with van der Waals surface area (Å²) in [6.45, 7) is 0.367. The first-order chi connectivity index (χ1) is 10.1. The molecule has 2 nitrogen and oxygen atoms in total. The largest absolute Gasteiger partial charge is 0.392 e. The van der Waals surface area contributed by atoms with Gasteiger partial charge < -0.3 is 10.8 Å². The molecule has 21 heavy (non-hydrogen) atoms. The number of nitrogens with two attached hydrogens (primary N) is 1. The Balaban J connectivity index is 1.73. The summed E-state index contributed by atoms with van der Waals surface area (Å²) in [6, 6.07) is 5.45. The van der Waals surface area contributed by atoms with Gasteiger partial charge in [0.15, 0.2) is 0 Å². The number of hydrogen-bond donors (Lipinski definition) is 2. The van der Waals surface area contributed by atoms with Crippen LogP contribution in [0, 0.1) is 17.8 Å². The molecule has 2 fully saturated rings. The second-order valence-electron chi connectivity index (χ2n) is 6.72. The molecule has 0 heterocycles. The molecule has 0 aliphatic heterocycles. The van der Waals surface area contributed by atoms with E-state index < -0.39 is 6.10 Å². The van der Waals surface area contributed by atoms with Gasteiger partial charge in [-0.1, -0.05) is 35.7 Å². The molecule has 2 aliphatic rings. The molecule has 0 aromatic heterocycles. The zero-order chi connectivity index (χ0) is 15.0. The SMILES string of the molecule is NCC(c1c(Cl)cccc1Cl)C(O)CC1CC2CCC1C2. The zero-order valence-corrected chi connectivity index (χ0v) is 13.7. The van der Waals surface area contributed by atoms with Crippen molar-refractivity contribution in [1.29, 1.82) is 0 Å². The summed E-state index contributed by atoms with van der Waals surface area (Å²) in [7, 11) is 0. The first kappa shape index (κ1) is 15.6. The lowest BCUT2D eigenvalue weighted by Crippen LogP contribution is -2.29. The van der Waals surface area contributed by atoms with Gasteiger partial charge in [0.05, 0.1) is 6.10 Å². The van der Waals surface area contributed by atoms with Gasteiger partial charge in [0.1, 0.15) is 0 Å². The lowest BCUT2D eigenvalue weighted by atomic mass is 9.80. The molecule has 116 valence electrons. The molecule has 2 aliphatic carbocycles. The normalized spacial score (nSPS) is 30.6. The molecule has 0 amide bonds. The summed E-state index contributed by atoms with van der Waals surface area (Å²) in [4.78, 5) is 0. The molecule has 2 bridgehead atoms. The Morgan fingerprint density at radius 2 is 1.90 bits per heavy atom. The Hall–Kier alpha value is -0.280. The van der Waals surface area contributed by atoms with Crippen molar-refractivity contribution in [2.75, 3.05) is 6.54 Å². The summed E-state index contributed by atoms with van der Waals surface area (Å²) < 4.78 is 0. The highest BCUT2D eigenvalue weighted by Gasteiger charge is 2.41. The van der Waals surface area contributed by atoms with Crippen LogP contribution in [0.4, 0.5) is 0 Å². The predicted octanol–water partition coefficient (Wildman–Crippen LogP) is 4.22. The number of hydrogen-bond acceptors (Lipinski definition) is 2. The molecular formula is C17H23Cl2NO. The summed E-state index contributed by atoms with van der Waals surface area (Å²) >= 11 is 12.6. The van der Waals surface area contributed by atoms with E-state index >= 15 is 0 Å². The summed E-state index contributed by atoms with van der Waals surface area (Å²) in [6.07, 6.45) is 5.71. The Morgan fingerprint density at radius 1 is 1.19 bits per heavy atom. The minimum Gasteiger partial charge on any atom is -0.392 e. The average Bonchev–Trinajstić information content (AvgIpc) is 3.05. The van der Waals surface area contributed by atoms with E-state index in [1.165, 1.54) is 25.7 Å². The van der Waals surface area contributed by atoms with Gasteiger partial charge >= 0.3 is 0 Å². The molecule has 0 saturated heterocycles. The smallest absolute Gasteiger partial charge is 0.0624 e. The molecule has 4 heteroatoms. The van der Waals surface area contributed by atoms with Gasteiger partial charge in [-0.3, -0.25) is 0 Å². The highest BCUT2D eigenvalue weighted by atomic mass is 35.5. The van der Waals surface area contributed by atoms with Crippen molar-refractivity contribution in [3.63, 3.8) is 0 Å². The van der Waals surface area contributed by atoms with Crippen LogP contribution in [0.2, 0.25) is 10.0 Å². The quantitative estimate of drug-likeness (QED) is 0.850. The molecule has 5 unspecified atom stereocenters. The highest BCUT2D eigenvalue weighted by molar-refractivity contribution is 6.36. The standard InChI is InChI=1S/C17H23Cl2NO/c18-14-2-1-3-15(19)17(14)13(9-20)16(21)8-12-7-10-4-5-11(12)6-10/h1-3,10-13,16,21H,4-9,20H2. The summed E-state index contributed by atoms with van der Waals surface area (Å²) in [5.74, 6) is 2.18. The van der Waals surface area contributed by atoms with Crippen LogP contribution in [0.5, 0.6) is 0 Å². The first-order valence-electron chi connectivity index (χ1n) is 7.92. The van der Waals surface area contributed by atoms with Crippen molar-refractivity contribution in [3.05, 3.63) is 33.8 Å². The molecule has 2 saturated carbocycles. The first-order valence-corrected chi connectivity index (χ1v) is 8.67. The van der Waals surface area contributed by atoms with Gasteiger partial charge in [-0.2, -0.15) is 0 Å². The van der Waals surface area contributed by atoms with Crippen molar-refractivity contribution < 1.29 is 5.11 Å². The molecule has 1 aromatic carbocycles. The van der Waals surface area contributed by atoms with Crippen molar-refractivity contribution in [1.82, 2.24) is 0 Å². The maximum atomic E-state index is 10.7. The fourth-order valence-corrected chi connectivity index (χ4v) is 5.15. The van der Waals surface area contributed by atoms with E-state index in [2.05, 4.69) is 0 Å². The zero-order valence-electron chi connectivity index (χ0n) is 12.1. The Labute approximate surface area is 136 Å². The van der Waals surface area contributed by atoms with E-state index in [9.17, 15) is 5.11 Å². The van der Waals surface area contributed by atoms with Crippen LogP contribution in [0.1, 0.15) is 43.6 Å². The third-order valence-corrected chi connectivity index (χ3v) is 6.18. The number of rotatable bonds is 5. The number of aliphatic hydroxyl groups excluding tert-OH is 1. The fourth-order valence-electron chi connectivity index (χ4n) is 4.47. The number of halogens is 2. The maximum absolute atomic E-state index is 10.7. The third kappa shape index (κ3) is 3.10. The number of fused-ring (bicyclic) bond motifs is 2. The van der Waals surface area contributed by atoms with E-state index in [0.29, 0.717) is 22.5 Å². The van der Waals surface area contributed by atoms with Gasteiger partial charge in [-0.05, 0) is 61.1 Å². The van der Waals surface area contributed by atoms with Crippen LogP contribution < -0.4 is 5.73 Å². The van der Waals surface area contributed by atoms with Gasteiger partial charge in [-0.15, -0.1) is 0 Å². The minimum absolute atomic E-state index is 0.176. The van der Waals surface area contributed by atoms with Crippen LogP contribution in [0.3, 0.4) is 0 Å². The fraction of sp³-hybridized carbons (Fsp3) is 0.647. The Kier molecular flexibility index (Phi) is 4.80. The molecule has 3 rings (SSSR count). The molecule has 5 atom stereocenters. The lowest BCUT2D eigenvalue weighted by molar-refractivity contribution is 0.101. The summed E-state index contributed by atoms with van der Waals surface area (Å²) in [5.41, 5.74) is 6.72. The predicted molar refractivity (Wildman–Crippen MR) is 87.8 cm³/mol. The van der Waals surface area contributed by atoms with Gasteiger partial charge in [0, 0.05) is 22.5 Å². The van der Waals surface area contributed by atoms with Gasteiger partial charge in [-0.25, -0.2) is 0 Å². The second kappa shape index (κ2) is 6.45. The van der Waals surface area contributed by atoms with Crippen molar-refractivity contribution in [2.24, 2.45) is 23.5 Å². The monoisotopic (exact) mass is 327 g/mol. The Morgan fingerprint density at radius 3 is 2.43 bits per heavy atom. The van der Waals surface area contributed by atoms with E-state index in [1.807, 2.05) is 18.2 Å². The van der Waals surface area contributed by atoms with Crippen molar-refractivity contribution in [3.8, 4) is 0 Å². The van der Waals surface area contributed by atoms with Crippen LogP contribution in [-0.4, -0.2) is 17.8 Å². The third-order valence-electron chi connectivity index (χ3n) is 5.52. The van der Waals surface area contributed by atoms with Crippen LogP contribution in [-0.2, 0) is 0 Å². The van der Waals surface area contributed by atoms with E-state index in [0.717, 1.165) is 23.8 Å². The van der Waals surface area contributed by atoms with E-state index in [-0.39, 0.29) is 5.92 Å². The van der Waals surface area contributed by atoms with Crippen LogP contribution in [0.15, 0.2) is 18.2 Å². The van der Waals surface area contributed by atoms with Gasteiger partial charge in [0.2, 0.25) is 0 Å². The van der Waals surface area contributed by atoms with Crippen molar-refractivity contribution in [2.45, 2.75) is 44.1 Å². The lowest BCUT2D eigenvalue weighted by Gasteiger charge is -2.29. The van der Waals surface area contributed by atoms with E-state index in [1.54, 1.807) is 0 Å². The van der Waals surface area contributed by atoms with Crippen LogP contribution >= 0.6 is 23.2 Å². The molecule has 3 N–H and O–H groups in total. The molecule has 0 radical (unpaired) electrons. The topological polar surface area (TPSA) is 46.2 Å². The van der Waals surface area contributed by atoms with Crippen LogP contribution in [0.25, 0.3) is 0 Å². The van der Waals surface area contributed by atoms with E-state index in [4.69, 9.17) is 28.9 Å². The average molecular weight is 328 g/mol. The molecular weight excluding hydrogens is 305 g/mol. The van der Waals surface area contributed by atoms with Gasteiger partial charge in [0.25, 0.3) is 0 Å². The Bertz CT molecular complexity index is 487.